The van der Waals surface area contributed by atoms with Gasteiger partial charge in [-0.1, -0.05) is 18.9 Å². The highest BCUT2D eigenvalue weighted by atomic mass is 32.2. The van der Waals surface area contributed by atoms with Crippen molar-refractivity contribution in [3.63, 3.8) is 0 Å². The predicted octanol–water partition coefficient (Wildman–Crippen LogP) is 4.27. The third-order valence-electron chi connectivity index (χ3n) is 6.01. The van der Waals surface area contributed by atoms with Crippen molar-refractivity contribution in [2.45, 2.75) is 74.8 Å². The van der Waals surface area contributed by atoms with Gasteiger partial charge in [-0.15, -0.1) is 6.58 Å². The fraction of sp³-hybridized carbons (Fsp3) is 0.652. The zero-order valence-electron chi connectivity index (χ0n) is 19.1. The van der Waals surface area contributed by atoms with Gasteiger partial charge in [-0.3, -0.25) is 10.1 Å². The van der Waals surface area contributed by atoms with Crippen molar-refractivity contribution in [2.24, 2.45) is 0 Å². The molecular formula is C23H37N3O5S. The second-order valence-electron chi connectivity index (χ2n) is 8.32. The third kappa shape index (κ3) is 8.27. The zero-order valence-corrected chi connectivity index (χ0v) is 19.9. The summed E-state index contributed by atoms with van der Waals surface area (Å²) in [7, 11) is -2.08. The van der Waals surface area contributed by atoms with Crippen molar-refractivity contribution in [3.8, 4) is 0 Å². The fourth-order valence-corrected chi connectivity index (χ4v) is 5.38. The molecule has 2 rings (SSSR count). The Morgan fingerprint density at radius 2 is 1.78 bits per heavy atom. The molecule has 1 aromatic rings. The molecule has 9 heteroatoms. The van der Waals surface area contributed by atoms with E-state index in [1.165, 1.54) is 41.4 Å². The highest BCUT2D eigenvalue weighted by Gasteiger charge is 2.32. The minimum absolute atomic E-state index is 0.0800. The molecule has 0 aliphatic heterocycles. The Labute approximate surface area is 192 Å². The molecule has 1 aliphatic carbocycles. The Morgan fingerprint density at radius 3 is 2.41 bits per heavy atom. The summed E-state index contributed by atoms with van der Waals surface area (Å²) < 4.78 is 33.2. The van der Waals surface area contributed by atoms with Crippen molar-refractivity contribution in [1.29, 1.82) is 0 Å². The highest BCUT2D eigenvalue weighted by Crippen LogP contribution is 2.29. The number of hydrogen-bond donors (Lipinski definition) is 1. The number of nitrogens with zero attached hydrogens (tertiary/aromatic N) is 2. The van der Waals surface area contributed by atoms with E-state index in [0.717, 1.165) is 64.6 Å². The molecule has 0 bridgehead atoms. The number of nitro benzene ring substituents is 1. The van der Waals surface area contributed by atoms with Crippen LogP contribution < -0.4 is 5.32 Å². The van der Waals surface area contributed by atoms with E-state index in [2.05, 4.69) is 11.9 Å². The van der Waals surface area contributed by atoms with E-state index in [9.17, 15) is 18.5 Å². The standard InChI is InChI=1S/C23H37N3O5S/c1-3-4-17-24-18-7-5-6-8-19-31-22-13-9-20(10-14-22)25(2)32(29,30)23-15-11-21(12-16-23)26(27)28/h3,11-12,15-16,20,22,24H,1,4-10,13-14,17-19H2,2H3. The summed E-state index contributed by atoms with van der Waals surface area (Å²) in [6.45, 7) is 6.52. The van der Waals surface area contributed by atoms with Crippen LogP contribution in [0.5, 0.6) is 0 Å². The van der Waals surface area contributed by atoms with Gasteiger partial charge in [0.15, 0.2) is 0 Å². The first-order chi connectivity index (χ1) is 15.4. The SMILES string of the molecule is C=CCCNCCCCCCOC1CCC(N(C)S(=O)(=O)c2ccc([N+](=O)[O-])cc2)CC1. The largest absolute Gasteiger partial charge is 0.378 e. The average Bonchev–Trinajstić information content (AvgIpc) is 2.80. The quantitative estimate of drug-likeness (QED) is 0.179. The molecule has 1 N–H and O–H groups in total. The van der Waals surface area contributed by atoms with Gasteiger partial charge in [0.1, 0.15) is 0 Å². The lowest BCUT2D eigenvalue weighted by Gasteiger charge is -2.34. The lowest BCUT2D eigenvalue weighted by Crippen LogP contribution is -2.40. The number of non-ortho nitro benzene ring substituents is 1. The van der Waals surface area contributed by atoms with E-state index in [1.54, 1.807) is 7.05 Å². The van der Waals surface area contributed by atoms with E-state index in [-0.39, 0.29) is 22.7 Å². The van der Waals surface area contributed by atoms with Crippen LogP contribution in [0.3, 0.4) is 0 Å². The number of hydrogen-bond acceptors (Lipinski definition) is 6. The number of ether oxygens (including phenoxy) is 1. The number of benzene rings is 1. The van der Waals surface area contributed by atoms with Crippen LogP contribution in [0.25, 0.3) is 0 Å². The maximum atomic E-state index is 12.9. The van der Waals surface area contributed by atoms with Gasteiger partial charge in [-0.25, -0.2) is 8.42 Å². The molecule has 1 saturated carbocycles. The van der Waals surface area contributed by atoms with Crippen LogP contribution in [0, 0.1) is 10.1 Å². The number of sulfonamides is 1. The minimum atomic E-state index is -3.68. The Kier molecular flexibility index (Phi) is 11.3. The van der Waals surface area contributed by atoms with Gasteiger partial charge >= 0.3 is 0 Å². The predicted molar refractivity (Wildman–Crippen MR) is 126 cm³/mol. The molecular weight excluding hydrogens is 430 g/mol. The second kappa shape index (κ2) is 13.7. The summed E-state index contributed by atoms with van der Waals surface area (Å²) >= 11 is 0. The van der Waals surface area contributed by atoms with Crippen LogP contribution in [0.4, 0.5) is 5.69 Å². The van der Waals surface area contributed by atoms with Crippen molar-refractivity contribution in [2.75, 3.05) is 26.7 Å². The Morgan fingerprint density at radius 1 is 1.12 bits per heavy atom. The summed E-state index contributed by atoms with van der Waals surface area (Å²) in [6, 6.07) is 4.98. The van der Waals surface area contributed by atoms with E-state index < -0.39 is 14.9 Å². The molecule has 32 heavy (non-hydrogen) atoms. The third-order valence-corrected chi connectivity index (χ3v) is 7.93. The summed E-state index contributed by atoms with van der Waals surface area (Å²) in [5.41, 5.74) is -0.121. The lowest BCUT2D eigenvalue weighted by atomic mass is 9.93. The van der Waals surface area contributed by atoms with E-state index in [4.69, 9.17) is 4.74 Å². The van der Waals surface area contributed by atoms with Gasteiger partial charge in [0.2, 0.25) is 10.0 Å². The second-order valence-corrected chi connectivity index (χ2v) is 10.3. The number of nitrogens with one attached hydrogen (secondary N) is 1. The number of rotatable bonds is 15. The molecule has 0 spiro atoms. The first kappa shape index (κ1) is 26.4. The molecule has 0 atom stereocenters. The molecule has 1 aromatic carbocycles. The topological polar surface area (TPSA) is 102 Å². The summed E-state index contributed by atoms with van der Waals surface area (Å²) in [4.78, 5) is 10.3. The van der Waals surface area contributed by atoms with Crippen LogP contribution in [-0.2, 0) is 14.8 Å². The molecule has 0 radical (unpaired) electrons. The maximum absolute atomic E-state index is 12.9. The lowest BCUT2D eigenvalue weighted by molar-refractivity contribution is -0.384. The Bertz CT molecular complexity index is 805. The maximum Gasteiger partial charge on any atom is 0.269 e. The van der Waals surface area contributed by atoms with E-state index >= 15 is 0 Å². The van der Waals surface area contributed by atoms with Crippen LogP contribution in [0.15, 0.2) is 41.8 Å². The van der Waals surface area contributed by atoms with Crippen molar-refractivity contribution in [3.05, 3.63) is 47.0 Å². The fourth-order valence-electron chi connectivity index (χ4n) is 3.96. The van der Waals surface area contributed by atoms with Gasteiger partial charge in [-0.2, -0.15) is 4.31 Å². The monoisotopic (exact) mass is 467 g/mol. The van der Waals surface area contributed by atoms with E-state index in [1.807, 2.05) is 6.08 Å². The smallest absolute Gasteiger partial charge is 0.269 e. The van der Waals surface area contributed by atoms with Gasteiger partial charge in [-0.05, 0) is 70.2 Å². The van der Waals surface area contributed by atoms with Crippen molar-refractivity contribution >= 4 is 15.7 Å². The molecule has 1 aliphatic rings. The molecule has 0 amide bonds. The minimum Gasteiger partial charge on any atom is -0.378 e. The normalized spacial score (nSPS) is 19.2. The van der Waals surface area contributed by atoms with Crippen LogP contribution >= 0.6 is 0 Å². The summed E-state index contributed by atoms with van der Waals surface area (Å²) in [5.74, 6) is 0. The van der Waals surface area contributed by atoms with Crippen LogP contribution in [0.2, 0.25) is 0 Å². The van der Waals surface area contributed by atoms with Gasteiger partial charge in [0.05, 0.1) is 15.9 Å². The molecule has 180 valence electrons. The molecule has 0 aromatic heterocycles. The summed E-state index contributed by atoms with van der Waals surface area (Å²) in [6.07, 6.45) is 10.9. The highest BCUT2D eigenvalue weighted by molar-refractivity contribution is 7.89. The van der Waals surface area contributed by atoms with Gasteiger partial charge in [0, 0.05) is 31.8 Å². The first-order valence-electron chi connectivity index (χ1n) is 11.5. The number of nitro groups is 1. The molecule has 8 nitrogen and oxygen atoms in total. The molecule has 0 heterocycles. The van der Waals surface area contributed by atoms with Gasteiger partial charge in [0.25, 0.3) is 5.69 Å². The molecule has 0 saturated heterocycles. The number of unbranched alkanes of at least 4 members (excludes halogenated alkanes) is 3. The Balaban J connectivity index is 1.65. The van der Waals surface area contributed by atoms with Crippen molar-refractivity contribution < 1.29 is 18.1 Å². The van der Waals surface area contributed by atoms with Crippen LogP contribution in [-0.4, -0.2) is 56.5 Å². The summed E-state index contributed by atoms with van der Waals surface area (Å²) in [5, 5.41) is 14.2. The first-order valence-corrected chi connectivity index (χ1v) is 13.0. The molecule has 1 fully saturated rings. The molecule has 0 unspecified atom stereocenters. The Hall–Kier alpha value is -1.81. The van der Waals surface area contributed by atoms with E-state index in [0.29, 0.717) is 0 Å². The average molecular weight is 468 g/mol. The zero-order chi connectivity index (χ0) is 23.4. The van der Waals surface area contributed by atoms with Crippen LogP contribution in [0.1, 0.15) is 57.8 Å². The van der Waals surface area contributed by atoms with Gasteiger partial charge < -0.3 is 10.1 Å². The van der Waals surface area contributed by atoms with Crippen molar-refractivity contribution in [1.82, 2.24) is 9.62 Å².